The highest BCUT2D eigenvalue weighted by atomic mass is 79.9. The molecule has 4 nitrogen and oxygen atoms in total. The maximum absolute atomic E-state index is 13.3. The summed E-state index contributed by atoms with van der Waals surface area (Å²) in [5, 5.41) is 0. The molecule has 122 valence electrons. The van der Waals surface area contributed by atoms with Crippen molar-refractivity contribution < 1.29 is 13.2 Å². The molecule has 0 saturated heterocycles. The third-order valence-electron chi connectivity index (χ3n) is 3.89. The Labute approximate surface area is 145 Å². The minimum absolute atomic E-state index is 0.120. The fraction of sp³-hybridized carbons (Fsp3) is 0.294. The van der Waals surface area contributed by atoms with Crippen molar-refractivity contribution in [2.75, 3.05) is 10.9 Å². The highest BCUT2D eigenvalue weighted by Gasteiger charge is 2.37. The third kappa shape index (κ3) is 2.85. The van der Waals surface area contributed by atoms with Gasteiger partial charge in [0.25, 0.3) is 10.0 Å². The summed E-state index contributed by atoms with van der Waals surface area (Å²) in [6, 6.07) is 12.6. The summed E-state index contributed by atoms with van der Waals surface area (Å²) < 4.78 is 34.3. The maximum atomic E-state index is 13.3. The van der Waals surface area contributed by atoms with Crippen LogP contribution in [-0.2, 0) is 16.4 Å². The zero-order valence-electron chi connectivity index (χ0n) is 13.0. The van der Waals surface area contributed by atoms with Gasteiger partial charge in [0.1, 0.15) is 10.6 Å². The molecule has 3 rings (SSSR count). The van der Waals surface area contributed by atoms with Crippen molar-refractivity contribution >= 4 is 31.6 Å². The van der Waals surface area contributed by atoms with Crippen LogP contribution >= 0.6 is 15.9 Å². The van der Waals surface area contributed by atoms with Crippen LogP contribution in [0, 0.1) is 0 Å². The summed E-state index contributed by atoms with van der Waals surface area (Å²) in [5.74, 6) is 0.382. The molecule has 0 unspecified atom stereocenters. The minimum atomic E-state index is -3.70. The molecule has 0 bridgehead atoms. The number of para-hydroxylation sites is 1. The minimum Gasteiger partial charge on any atom is -0.492 e. The zero-order chi connectivity index (χ0) is 16.6. The zero-order valence-corrected chi connectivity index (χ0v) is 15.4. The maximum Gasteiger partial charge on any atom is 0.268 e. The Morgan fingerprint density at radius 3 is 2.74 bits per heavy atom. The van der Waals surface area contributed by atoms with Crippen LogP contribution in [0.25, 0.3) is 0 Å². The molecular weight excluding hydrogens is 378 g/mol. The fourth-order valence-electron chi connectivity index (χ4n) is 2.97. The summed E-state index contributed by atoms with van der Waals surface area (Å²) in [7, 11) is -3.70. The molecule has 0 fully saturated rings. The second-order valence-electron chi connectivity index (χ2n) is 5.51. The Morgan fingerprint density at radius 2 is 2.00 bits per heavy atom. The summed E-state index contributed by atoms with van der Waals surface area (Å²) in [6.45, 7) is 4.18. The van der Waals surface area contributed by atoms with Gasteiger partial charge in [-0.25, -0.2) is 8.42 Å². The Morgan fingerprint density at radius 1 is 1.26 bits per heavy atom. The average Bonchev–Trinajstić information content (AvgIpc) is 2.85. The second-order valence-corrected chi connectivity index (χ2v) is 8.21. The number of sulfonamides is 1. The third-order valence-corrected chi connectivity index (χ3v) is 6.33. The normalized spacial score (nSPS) is 17.2. The standard InChI is InChI=1S/C17H18BrNO3S/c1-3-22-16-9-8-14(18)11-17(16)23(20,21)19-12(2)10-13-6-4-5-7-15(13)19/h4-9,11-12H,3,10H2,1-2H3/t12-/m0/s1. The Kier molecular flexibility index (Phi) is 4.38. The van der Waals surface area contributed by atoms with E-state index in [1.807, 2.05) is 38.1 Å². The van der Waals surface area contributed by atoms with Gasteiger partial charge < -0.3 is 4.74 Å². The van der Waals surface area contributed by atoms with Gasteiger partial charge in [-0.3, -0.25) is 4.31 Å². The summed E-state index contributed by atoms with van der Waals surface area (Å²) >= 11 is 3.36. The van der Waals surface area contributed by atoms with Crippen molar-refractivity contribution in [3.05, 3.63) is 52.5 Å². The lowest BCUT2D eigenvalue weighted by molar-refractivity contribution is 0.331. The van der Waals surface area contributed by atoms with Crippen molar-refractivity contribution in [3.8, 4) is 5.75 Å². The lowest BCUT2D eigenvalue weighted by Gasteiger charge is -2.25. The van der Waals surface area contributed by atoms with E-state index in [0.717, 1.165) is 11.3 Å². The summed E-state index contributed by atoms with van der Waals surface area (Å²) in [5.41, 5.74) is 1.80. The SMILES string of the molecule is CCOc1ccc(Br)cc1S(=O)(=O)N1c2ccccc2C[C@@H]1C. The van der Waals surface area contributed by atoms with E-state index >= 15 is 0 Å². The molecule has 6 heteroatoms. The molecule has 1 aliphatic heterocycles. The lowest BCUT2D eigenvalue weighted by atomic mass is 10.1. The van der Waals surface area contributed by atoms with Crippen LogP contribution < -0.4 is 9.04 Å². The first-order chi connectivity index (χ1) is 10.9. The van der Waals surface area contributed by atoms with Crippen molar-refractivity contribution in [2.24, 2.45) is 0 Å². The number of anilines is 1. The quantitative estimate of drug-likeness (QED) is 0.785. The number of fused-ring (bicyclic) bond motifs is 1. The average molecular weight is 396 g/mol. The van der Waals surface area contributed by atoms with Gasteiger partial charge in [0.2, 0.25) is 0 Å². The van der Waals surface area contributed by atoms with Crippen molar-refractivity contribution in [1.82, 2.24) is 0 Å². The molecule has 1 heterocycles. The predicted molar refractivity (Wildman–Crippen MR) is 94.6 cm³/mol. The van der Waals surface area contributed by atoms with Gasteiger partial charge >= 0.3 is 0 Å². The van der Waals surface area contributed by atoms with Gasteiger partial charge in [-0.05, 0) is 50.1 Å². The largest absolute Gasteiger partial charge is 0.492 e. The predicted octanol–water partition coefficient (Wildman–Crippen LogP) is 3.99. The van der Waals surface area contributed by atoms with Gasteiger partial charge in [0.15, 0.2) is 0 Å². The molecule has 0 radical (unpaired) electrons. The first-order valence-electron chi connectivity index (χ1n) is 7.50. The van der Waals surface area contributed by atoms with Gasteiger partial charge in [0, 0.05) is 10.5 Å². The van der Waals surface area contributed by atoms with Crippen LogP contribution in [0.2, 0.25) is 0 Å². The molecular formula is C17H18BrNO3S. The molecule has 0 saturated carbocycles. The molecule has 0 aromatic heterocycles. The molecule has 0 spiro atoms. The van der Waals surface area contributed by atoms with Gasteiger partial charge in [-0.15, -0.1) is 0 Å². The molecule has 0 aliphatic carbocycles. The van der Waals surface area contributed by atoms with E-state index in [9.17, 15) is 8.42 Å². The highest BCUT2D eigenvalue weighted by Crippen LogP contribution is 2.39. The molecule has 0 amide bonds. The van der Waals surface area contributed by atoms with Crippen molar-refractivity contribution in [3.63, 3.8) is 0 Å². The number of hydrogen-bond donors (Lipinski definition) is 0. The van der Waals surface area contributed by atoms with Crippen LogP contribution in [0.15, 0.2) is 51.8 Å². The summed E-state index contributed by atoms with van der Waals surface area (Å²) in [4.78, 5) is 0.192. The van der Waals surface area contributed by atoms with Gasteiger partial charge in [0.05, 0.1) is 12.3 Å². The van der Waals surface area contributed by atoms with E-state index in [1.165, 1.54) is 4.31 Å². The number of hydrogen-bond acceptors (Lipinski definition) is 3. The molecule has 23 heavy (non-hydrogen) atoms. The van der Waals surface area contributed by atoms with Crippen molar-refractivity contribution in [1.29, 1.82) is 0 Å². The number of rotatable bonds is 4. The Balaban J connectivity index is 2.15. The monoisotopic (exact) mass is 395 g/mol. The van der Waals surface area contributed by atoms with Gasteiger partial charge in [-0.2, -0.15) is 0 Å². The Hall–Kier alpha value is -1.53. The van der Waals surface area contributed by atoms with E-state index in [4.69, 9.17) is 4.74 Å². The van der Waals surface area contributed by atoms with Crippen LogP contribution in [0.1, 0.15) is 19.4 Å². The van der Waals surface area contributed by atoms with Crippen LogP contribution in [0.3, 0.4) is 0 Å². The molecule has 1 aliphatic rings. The molecule has 2 aromatic carbocycles. The lowest BCUT2D eigenvalue weighted by Crippen LogP contribution is -2.36. The topological polar surface area (TPSA) is 46.6 Å². The van der Waals surface area contributed by atoms with Crippen LogP contribution in [0.5, 0.6) is 5.75 Å². The van der Waals surface area contributed by atoms with E-state index < -0.39 is 10.0 Å². The molecule has 1 atom stereocenters. The number of benzene rings is 2. The number of nitrogens with zero attached hydrogens (tertiary/aromatic N) is 1. The second kappa shape index (κ2) is 6.17. The van der Waals surface area contributed by atoms with E-state index in [0.29, 0.717) is 23.2 Å². The molecule has 2 aromatic rings. The van der Waals surface area contributed by atoms with E-state index in [-0.39, 0.29) is 10.9 Å². The fourth-order valence-corrected chi connectivity index (χ4v) is 5.33. The smallest absolute Gasteiger partial charge is 0.268 e. The van der Waals surface area contributed by atoms with Crippen LogP contribution in [0.4, 0.5) is 5.69 Å². The van der Waals surface area contributed by atoms with Crippen LogP contribution in [-0.4, -0.2) is 21.1 Å². The van der Waals surface area contributed by atoms with E-state index in [2.05, 4.69) is 15.9 Å². The molecule has 0 N–H and O–H groups in total. The van der Waals surface area contributed by atoms with Crippen molar-refractivity contribution in [2.45, 2.75) is 31.2 Å². The highest BCUT2D eigenvalue weighted by molar-refractivity contribution is 9.10. The Bertz CT molecular complexity index is 835. The number of ether oxygens (including phenoxy) is 1. The van der Waals surface area contributed by atoms with Gasteiger partial charge in [-0.1, -0.05) is 34.1 Å². The summed E-state index contributed by atoms with van der Waals surface area (Å²) in [6.07, 6.45) is 0.716. The first-order valence-corrected chi connectivity index (χ1v) is 9.73. The number of halogens is 1. The van der Waals surface area contributed by atoms with E-state index in [1.54, 1.807) is 18.2 Å². The first kappa shape index (κ1) is 16.3.